The van der Waals surface area contributed by atoms with Crippen molar-refractivity contribution in [1.82, 2.24) is 4.57 Å². The summed E-state index contributed by atoms with van der Waals surface area (Å²) in [5.74, 6) is -0.469. The first kappa shape index (κ1) is 21.6. The Morgan fingerprint density at radius 3 is 2.28 bits per heavy atom. The van der Waals surface area contributed by atoms with E-state index in [2.05, 4.69) is 10.2 Å². The molecule has 1 N–H and O–H groups in total. The first-order valence-electron chi connectivity index (χ1n) is 6.47. The minimum atomic E-state index is -4.56. The Morgan fingerprint density at radius 2 is 1.80 bits per heavy atom. The quantitative estimate of drug-likeness (QED) is 0.389. The van der Waals surface area contributed by atoms with Crippen molar-refractivity contribution in [2.75, 3.05) is 0 Å². The Hall–Kier alpha value is -1.39. The van der Waals surface area contributed by atoms with Crippen molar-refractivity contribution in [1.29, 1.82) is 5.26 Å². The van der Waals surface area contributed by atoms with Gasteiger partial charge in [0.2, 0.25) is 5.88 Å². The van der Waals surface area contributed by atoms with Crippen LogP contribution in [0, 0.1) is 18.3 Å². The molecule has 2 aromatic rings. The average Bonchev–Trinajstić information content (AvgIpc) is 2.53. The Labute approximate surface area is 185 Å². The third kappa shape index (κ3) is 4.62. The molecule has 0 amide bonds. The zero-order valence-corrected chi connectivity index (χ0v) is 17.5. The number of nitriles is 1. The first-order valence-corrected chi connectivity index (χ1v) is 7.88. The molecule has 0 bridgehead atoms. The zero-order valence-electron chi connectivity index (χ0n) is 13.6. The van der Waals surface area contributed by atoms with Crippen LogP contribution in [0.4, 0.5) is 11.4 Å². The minimum absolute atomic E-state index is 0. The monoisotopic (exact) mass is 386 g/mol. The molecule has 0 saturated heterocycles. The van der Waals surface area contributed by atoms with Crippen molar-refractivity contribution >= 4 is 21.5 Å². The smallest absolute Gasteiger partial charge is 0.744 e. The van der Waals surface area contributed by atoms with E-state index in [1.165, 1.54) is 26.1 Å². The number of aromatic hydroxyl groups is 1. The molecule has 0 spiro atoms. The van der Waals surface area contributed by atoms with Crippen LogP contribution in [-0.2, 0) is 17.2 Å². The van der Waals surface area contributed by atoms with Crippen molar-refractivity contribution in [3.05, 3.63) is 45.7 Å². The number of hydrogen-bond acceptors (Lipinski definition) is 8. The second kappa shape index (κ2) is 8.32. The van der Waals surface area contributed by atoms with Crippen molar-refractivity contribution in [3.8, 4) is 11.9 Å². The maximum atomic E-state index is 12.1. The molecule has 0 aliphatic carbocycles. The summed E-state index contributed by atoms with van der Waals surface area (Å²) in [6, 6.07) is 6.42. The summed E-state index contributed by atoms with van der Waals surface area (Å²) >= 11 is 0. The molecule has 0 radical (unpaired) electrons. The summed E-state index contributed by atoms with van der Waals surface area (Å²) in [5.41, 5.74) is -0.506. The molecule has 11 heteroatoms. The van der Waals surface area contributed by atoms with Crippen LogP contribution in [0.5, 0.6) is 5.88 Å². The molecule has 1 aromatic carbocycles. The molecule has 0 saturated carbocycles. The number of benzene rings is 1. The molecule has 25 heavy (non-hydrogen) atoms. The van der Waals surface area contributed by atoms with Crippen LogP contribution in [0.25, 0.3) is 0 Å². The van der Waals surface area contributed by atoms with Crippen molar-refractivity contribution in [3.63, 3.8) is 0 Å². The van der Waals surface area contributed by atoms with Gasteiger partial charge in [-0.25, -0.2) is 8.42 Å². The Bertz CT molecular complexity index is 1040. The van der Waals surface area contributed by atoms with Crippen LogP contribution >= 0.6 is 0 Å². The van der Waals surface area contributed by atoms with E-state index in [4.69, 9.17) is 5.26 Å². The minimum Gasteiger partial charge on any atom is -0.744 e. The summed E-state index contributed by atoms with van der Waals surface area (Å²) in [4.78, 5) is 11.7. The van der Waals surface area contributed by atoms with Crippen LogP contribution in [0.15, 0.2) is 44.2 Å². The average molecular weight is 386 g/mol. The number of rotatable bonds is 3. The van der Waals surface area contributed by atoms with Gasteiger partial charge in [-0.3, -0.25) is 9.36 Å². The summed E-state index contributed by atoms with van der Waals surface area (Å²) in [6.45, 7) is 1.45. The predicted molar refractivity (Wildman–Crippen MR) is 81.4 cm³/mol. The summed E-state index contributed by atoms with van der Waals surface area (Å²) in [5, 5.41) is 26.4. The molecule has 9 nitrogen and oxygen atoms in total. The van der Waals surface area contributed by atoms with Gasteiger partial charge in [-0.05, 0) is 31.2 Å². The molecule has 1 aromatic heterocycles. The number of azo groups is 1. The molecule has 0 aliphatic rings. The molecule has 0 unspecified atom stereocenters. The Kier molecular flexibility index (Phi) is 7.21. The summed E-state index contributed by atoms with van der Waals surface area (Å²) < 4.78 is 33.4. The van der Waals surface area contributed by atoms with E-state index in [0.717, 1.165) is 16.7 Å². The normalized spacial score (nSPS) is 11.1. The molecular weight excluding hydrogens is 375 g/mol. The fourth-order valence-corrected chi connectivity index (χ4v) is 2.38. The molecule has 0 fully saturated rings. The number of nitrogens with zero attached hydrogens (tertiary/aromatic N) is 4. The third-order valence-corrected chi connectivity index (χ3v) is 4.13. The predicted octanol–water partition coefficient (Wildman–Crippen LogP) is -1.41. The van der Waals surface area contributed by atoms with Gasteiger partial charge in [0.1, 0.15) is 21.8 Å². The molecule has 0 atom stereocenters. The Morgan fingerprint density at radius 1 is 1.24 bits per heavy atom. The van der Waals surface area contributed by atoms with Crippen LogP contribution in [0.3, 0.4) is 0 Å². The van der Waals surface area contributed by atoms with Crippen LogP contribution in [0.2, 0.25) is 0 Å². The third-order valence-electron chi connectivity index (χ3n) is 3.28. The molecular formula is C14H11KN4O5S. The van der Waals surface area contributed by atoms with E-state index < -0.39 is 26.5 Å². The van der Waals surface area contributed by atoms with E-state index in [-0.39, 0.29) is 73.9 Å². The molecule has 1 heterocycles. The van der Waals surface area contributed by atoms with Crippen molar-refractivity contribution in [2.45, 2.75) is 11.8 Å². The van der Waals surface area contributed by atoms with Crippen LogP contribution in [-0.4, -0.2) is 22.6 Å². The number of hydrogen-bond donors (Lipinski definition) is 1. The van der Waals surface area contributed by atoms with E-state index in [1.54, 1.807) is 6.07 Å². The van der Waals surface area contributed by atoms with E-state index in [0.29, 0.717) is 0 Å². The van der Waals surface area contributed by atoms with Gasteiger partial charge in [-0.1, -0.05) is 0 Å². The van der Waals surface area contributed by atoms with Gasteiger partial charge in [0.25, 0.3) is 5.56 Å². The van der Waals surface area contributed by atoms with Crippen molar-refractivity contribution < 1.29 is 69.5 Å². The number of pyridine rings is 1. The second-order valence-electron chi connectivity index (χ2n) is 4.80. The summed E-state index contributed by atoms with van der Waals surface area (Å²) in [7, 11) is -3.28. The Balaban J connectivity index is 0.00000312. The van der Waals surface area contributed by atoms with E-state index in [9.17, 15) is 22.9 Å². The van der Waals surface area contributed by atoms with Crippen LogP contribution < -0.4 is 56.9 Å². The summed E-state index contributed by atoms with van der Waals surface area (Å²) in [6.07, 6.45) is 0. The maximum Gasteiger partial charge on any atom is 1.00 e. The maximum absolute atomic E-state index is 12.1. The van der Waals surface area contributed by atoms with Gasteiger partial charge in [0, 0.05) is 12.6 Å². The van der Waals surface area contributed by atoms with Gasteiger partial charge >= 0.3 is 51.4 Å². The van der Waals surface area contributed by atoms with Crippen molar-refractivity contribution in [2.24, 2.45) is 17.3 Å². The largest absolute Gasteiger partial charge is 1.00 e. The topological polar surface area (TPSA) is 148 Å². The van der Waals surface area contributed by atoms with Gasteiger partial charge < -0.3 is 9.66 Å². The van der Waals surface area contributed by atoms with Gasteiger partial charge in [0.15, 0.2) is 5.69 Å². The molecule has 2 rings (SSSR count). The molecule has 0 aliphatic heterocycles. The zero-order chi connectivity index (χ0) is 18.1. The fourth-order valence-electron chi connectivity index (χ4n) is 1.91. The number of aromatic nitrogens is 1. The van der Waals surface area contributed by atoms with Gasteiger partial charge in [-0.15, -0.1) is 5.11 Å². The standard InChI is InChI=1S/C14H12N4O5S.K/c1-8-11(7-15)13(19)18(2)14(20)12(8)17-16-9-3-5-10(6-4-9)24(21,22)23;/h3-6,19H,1-2H3,(H,21,22,23);/q;+1/p-1. The fraction of sp³-hybridized carbons (Fsp3) is 0.143. The van der Waals surface area contributed by atoms with Gasteiger partial charge in [0.05, 0.1) is 10.6 Å². The van der Waals surface area contributed by atoms with Crippen LogP contribution in [0.1, 0.15) is 11.1 Å². The SMILES string of the molecule is Cc1c(C#N)c(O)n(C)c(=O)c1N=Nc1ccc(S(=O)(=O)[O-])cc1.[K+]. The first-order chi connectivity index (χ1) is 11.2. The van der Waals surface area contributed by atoms with Gasteiger partial charge in [-0.2, -0.15) is 10.4 Å². The second-order valence-corrected chi connectivity index (χ2v) is 6.18. The van der Waals surface area contributed by atoms with E-state index >= 15 is 0 Å². The molecule has 124 valence electrons. The van der Waals surface area contributed by atoms with E-state index in [1.807, 2.05) is 0 Å².